The van der Waals surface area contributed by atoms with Crippen LogP contribution in [-0.4, -0.2) is 15.1 Å². The normalized spacial score (nSPS) is 12.5. The van der Waals surface area contributed by atoms with Crippen LogP contribution in [0.5, 0.6) is 0 Å². The Labute approximate surface area is 176 Å². The van der Waals surface area contributed by atoms with Crippen molar-refractivity contribution in [2.24, 2.45) is 0 Å². The van der Waals surface area contributed by atoms with Crippen molar-refractivity contribution in [1.82, 2.24) is 15.1 Å². The number of fused-ring (bicyclic) bond motifs is 1. The van der Waals surface area contributed by atoms with Crippen LogP contribution in [0.4, 0.5) is 30.7 Å². The van der Waals surface area contributed by atoms with Crippen molar-refractivity contribution in [2.75, 3.05) is 0 Å². The van der Waals surface area contributed by atoms with E-state index in [4.69, 9.17) is 0 Å². The van der Waals surface area contributed by atoms with Gasteiger partial charge < -0.3 is 4.98 Å². The molecule has 1 N–H and O–H groups in total. The number of halogens is 7. The number of aromatic nitrogens is 4. The van der Waals surface area contributed by atoms with Crippen LogP contribution in [0.15, 0.2) is 48.8 Å². The predicted octanol–water partition coefficient (Wildman–Crippen LogP) is 5.45. The molecule has 2 aromatic carbocycles. The molecule has 4 nitrogen and oxygen atoms in total. The van der Waals surface area contributed by atoms with Gasteiger partial charge in [0.2, 0.25) is 6.20 Å². The Balaban J connectivity index is 1.72. The number of H-pyrrole nitrogens is 1. The molecule has 166 valence electrons. The number of nitrogens with zero attached hydrogens (tertiary/aromatic N) is 3. The molecule has 0 fully saturated rings. The zero-order valence-electron chi connectivity index (χ0n) is 16.3. The fourth-order valence-electron chi connectivity index (χ4n) is 3.28. The van der Waals surface area contributed by atoms with Gasteiger partial charge in [0, 0.05) is 5.56 Å². The van der Waals surface area contributed by atoms with Crippen LogP contribution in [-0.2, 0) is 18.9 Å². The summed E-state index contributed by atoms with van der Waals surface area (Å²) < 4.78 is 94.3. The lowest BCUT2D eigenvalue weighted by molar-refractivity contribution is -0.745. The molecular weight excluding hydrogens is 441 g/mol. The number of imidazole rings is 1. The van der Waals surface area contributed by atoms with Gasteiger partial charge >= 0.3 is 12.4 Å². The van der Waals surface area contributed by atoms with Crippen molar-refractivity contribution in [3.05, 3.63) is 76.9 Å². The highest BCUT2D eigenvalue weighted by atomic mass is 19.4. The first-order valence-corrected chi connectivity index (χ1v) is 9.22. The van der Waals surface area contributed by atoms with Gasteiger partial charge in [0.1, 0.15) is 28.9 Å². The maximum absolute atomic E-state index is 14.4. The van der Waals surface area contributed by atoms with E-state index in [-0.39, 0.29) is 23.0 Å². The molecule has 0 amide bonds. The van der Waals surface area contributed by atoms with Crippen LogP contribution >= 0.6 is 0 Å². The van der Waals surface area contributed by atoms with Gasteiger partial charge in [-0.1, -0.05) is 22.9 Å². The van der Waals surface area contributed by atoms with Crippen LogP contribution in [0.25, 0.3) is 22.4 Å². The Kier molecular flexibility index (Phi) is 5.14. The molecular formula is C21H14F7N4+. The topological polar surface area (TPSA) is 45.5 Å². The summed E-state index contributed by atoms with van der Waals surface area (Å²) in [6.07, 6.45) is -7.25. The second-order valence-corrected chi connectivity index (χ2v) is 7.16. The Morgan fingerprint density at radius 1 is 1.00 bits per heavy atom. The molecule has 0 radical (unpaired) electrons. The number of hydrogen-bond donors (Lipinski definition) is 1. The average molecular weight is 455 g/mol. The van der Waals surface area contributed by atoms with Crippen molar-refractivity contribution in [1.29, 1.82) is 0 Å². The first kappa shape index (κ1) is 21.7. The molecule has 0 aliphatic carbocycles. The van der Waals surface area contributed by atoms with E-state index in [0.29, 0.717) is 22.7 Å². The summed E-state index contributed by atoms with van der Waals surface area (Å²) in [6.45, 7) is 1.16. The maximum atomic E-state index is 14.4. The third-order valence-electron chi connectivity index (χ3n) is 4.89. The van der Waals surface area contributed by atoms with Gasteiger partial charge in [-0.05, 0) is 35.8 Å². The molecule has 0 saturated heterocycles. The van der Waals surface area contributed by atoms with E-state index in [0.717, 1.165) is 10.7 Å². The van der Waals surface area contributed by atoms with Crippen LogP contribution in [0, 0.1) is 12.7 Å². The molecule has 0 aliphatic heterocycles. The monoisotopic (exact) mass is 455 g/mol. The quantitative estimate of drug-likeness (QED) is 0.330. The molecule has 0 atom stereocenters. The van der Waals surface area contributed by atoms with Crippen LogP contribution in [0.2, 0.25) is 0 Å². The van der Waals surface area contributed by atoms with Crippen LogP contribution < -0.4 is 4.68 Å². The third kappa shape index (κ3) is 4.14. The molecule has 0 saturated carbocycles. The first-order valence-electron chi connectivity index (χ1n) is 9.22. The predicted molar refractivity (Wildman–Crippen MR) is 99.8 cm³/mol. The molecule has 32 heavy (non-hydrogen) atoms. The van der Waals surface area contributed by atoms with Crippen molar-refractivity contribution >= 4 is 11.0 Å². The zero-order valence-corrected chi connectivity index (χ0v) is 16.3. The standard InChI is InChI=1S/C21H13F7N4/c1-11-3-2-4-14(18(11)22)19-30-16-8-29-32(10-17(16)31-19)9-12-5-6-13(20(23,24)25)7-15(12)21(26,27)28/h2-8,10H,9H2,1H3/p+1. The molecule has 4 aromatic rings. The molecule has 0 bridgehead atoms. The van der Waals surface area contributed by atoms with Crippen molar-refractivity contribution in [3.63, 3.8) is 0 Å². The number of aryl methyl sites for hydroxylation is 1. The molecule has 0 unspecified atom stereocenters. The summed E-state index contributed by atoms with van der Waals surface area (Å²) in [5.41, 5.74) is -1.81. The minimum Gasteiger partial charge on any atom is -0.333 e. The Morgan fingerprint density at radius 2 is 1.75 bits per heavy atom. The number of rotatable bonds is 3. The summed E-state index contributed by atoms with van der Waals surface area (Å²) in [5, 5.41) is 3.99. The van der Waals surface area contributed by atoms with Gasteiger partial charge in [-0.3, -0.25) is 0 Å². The van der Waals surface area contributed by atoms with E-state index in [2.05, 4.69) is 15.1 Å². The summed E-state index contributed by atoms with van der Waals surface area (Å²) in [7, 11) is 0. The van der Waals surface area contributed by atoms with Gasteiger partial charge in [-0.25, -0.2) is 9.37 Å². The number of nitrogens with one attached hydrogen (secondary N) is 1. The van der Waals surface area contributed by atoms with E-state index in [1.165, 1.54) is 18.5 Å². The van der Waals surface area contributed by atoms with E-state index in [1.807, 2.05) is 0 Å². The number of aromatic amines is 1. The number of hydrogen-bond acceptors (Lipinski definition) is 2. The van der Waals surface area contributed by atoms with Gasteiger partial charge in [-0.15, -0.1) is 0 Å². The SMILES string of the molecule is Cc1cccc(-c2nc3cn[n+](Cc4ccc(C(F)(F)F)cc4C(F)(F)F)cc3[nH]2)c1F. The highest BCUT2D eigenvalue weighted by molar-refractivity contribution is 5.77. The number of benzene rings is 2. The molecule has 2 heterocycles. The Hall–Kier alpha value is -3.50. The molecule has 0 aliphatic rings. The van der Waals surface area contributed by atoms with E-state index in [9.17, 15) is 30.7 Å². The lowest BCUT2D eigenvalue weighted by Gasteiger charge is -2.14. The van der Waals surface area contributed by atoms with Crippen molar-refractivity contribution in [2.45, 2.75) is 25.8 Å². The second-order valence-electron chi connectivity index (χ2n) is 7.16. The highest BCUT2D eigenvalue weighted by Crippen LogP contribution is 2.37. The first-order chi connectivity index (χ1) is 14.9. The largest absolute Gasteiger partial charge is 0.416 e. The minimum absolute atomic E-state index is 0.0865. The third-order valence-corrected chi connectivity index (χ3v) is 4.89. The maximum Gasteiger partial charge on any atom is 0.416 e. The van der Waals surface area contributed by atoms with Crippen LogP contribution in [0.1, 0.15) is 22.3 Å². The van der Waals surface area contributed by atoms with Crippen LogP contribution in [0.3, 0.4) is 0 Å². The van der Waals surface area contributed by atoms with Gasteiger partial charge in [-0.2, -0.15) is 26.3 Å². The fraction of sp³-hybridized carbons (Fsp3) is 0.190. The second kappa shape index (κ2) is 7.57. The summed E-state index contributed by atoms with van der Waals surface area (Å²) >= 11 is 0. The summed E-state index contributed by atoms with van der Waals surface area (Å²) in [4.78, 5) is 7.15. The summed E-state index contributed by atoms with van der Waals surface area (Å²) in [6, 6.07) is 6.24. The van der Waals surface area contributed by atoms with E-state index >= 15 is 0 Å². The van der Waals surface area contributed by atoms with E-state index < -0.39 is 35.8 Å². The lowest BCUT2D eigenvalue weighted by Crippen LogP contribution is -2.38. The van der Waals surface area contributed by atoms with Crippen molar-refractivity contribution < 1.29 is 35.4 Å². The zero-order chi connectivity index (χ0) is 23.3. The molecule has 11 heteroatoms. The van der Waals surface area contributed by atoms with Gasteiger partial charge in [0.25, 0.3) is 0 Å². The molecule has 0 spiro atoms. The average Bonchev–Trinajstić information content (AvgIpc) is 3.12. The van der Waals surface area contributed by atoms with Gasteiger partial charge in [0.05, 0.1) is 16.7 Å². The highest BCUT2D eigenvalue weighted by Gasteiger charge is 2.38. The Morgan fingerprint density at radius 3 is 2.44 bits per heavy atom. The summed E-state index contributed by atoms with van der Waals surface area (Å²) in [5.74, 6) is -0.252. The minimum atomic E-state index is -4.98. The van der Waals surface area contributed by atoms with Gasteiger partial charge in [0.15, 0.2) is 6.54 Å². The lowest BCUT2D eigenvalue weighted by atomic mass is 10.0. The number of alkyl halides is 6. The van der Waals surface area contributed by atoms with E-state index in [1.54, 1.807) is 19.1 Å². The fourth-order valence-corrected chi connectivity index (χ4v) is 3.28. The Bertz CT molecular complexity index is 1310. The molecule has 4 rings (SSSR count). The molecule has 2 aromatic heterocycles. The van der Waals surface area contributed by atoms with Crippen molar-refractivity contribution in [3.8, 4) is 11.4 Å². The smallest absolute Gasteiger partial charge is 0.333 e.